The van der Waals surface area contributed by atoms with Gasteiger partial charge >= 0.3 is 0 Å². The molecular formula is C21H21BrN4OS. The second-order valence-electron chi connectivity index (χ2n) is 6.84. The van der Waals surface area contributed by atoms with Crippen LogP contribution in [-0.4, -0.2) is 20.7 Å². The van der Waals surface area contributed by atoms with Crippen molar-refractivity contribution in [2.45, 2.75) is 42.3 Å². The van der Waals surface area contributed by atoms with Crippen molar-refractivity contribution >= 4 is 39.3 Å². The van der Waals surface area contributed by atoms with Crippen molar-refractivity contribution in [1.82, 2.24) is 14.8 Å². The Hall–Kier alpha value is -2.12. The molecule has 144 valence electrons. The van der Waals surface area contributed by atoms with E-state index >= 15 is 0 Å². The summed E-state index contributed by atoms with van der Waals surface area (Å²) in [6.07, 6.45) is 4.00. The molecule has 4 rings (SSSR count). The maximum atomic E-state index is 12.4. The lowest BCUT2D eigenvalue weighted by atomic mass is 9.85. The summed E-state index contributed by atoms with van der Waals surface area (Å²) in [5.74, 6) is 0.271. The molecule has 0 aliphatic heterocycles. The smallest absolute Gasteiger partial charge is 0.227 e. The number of amides is 1. The van der Waals surface area contributed by atoms with E-state index in [4.69, 9.17) is 0 Å². The normalized spacial score (nSPS) is 13.9. The number of para-hydroxylation sites is 1. The summed E-state index contributed by atoms with van der Waals surface area (Å²) >= 11 is 4.91. The van der Waals surface area contributed by atoms with Gasteiger partial charge in [0.2, 0.25) is 10.6 Å². The number of carbonyl (C=O) groups excluding carboxylic acids is 1. The highest BCUT2D eigenvalue weighted by Gasteiger charge is 2.25. The Bertz CT molecular complexity index is 956. The molecule has 0 spiro atoms. The van der Waals surface area contributed by atoms with E-state index in [-0.39, 0.29) is 11.8 Å². The Balaban J connectivity index is 1.49. The minimum absolute atomic E-state index is 0.117. The van der Waals surface area contributed by atoms with Gasteiger partial charge in [-0.2, -0.15) is 4.98 Å². The highest BCUT2D eigenvalue weighted by molar-refractivity contribution is 9.10. The van der Waals surface area contributed by atoms with Crippen molar-refractivity contribution in [3.8, 4) is 0 Å². The number of aromatic nitrogens is 3. The van der Waals surface area contributed by atoms with Crippen LogP contribution in [0.5, 0.6) is 0 Å². The number of carbonyl (C=O) groups is 1. The van der Waals surface area contributed by atoms with Crippen LogP contribution in [0.3, 0.4) is 0 Å². The molecule has 0 atom stereocenters. The van der Waals surface area contributed by atoms with Crippen LogP contribution in [-0.2, 0) is 17.8 Å². The van der Waals surface area contributed by atoms with Crippen molar-refractivity contribution in [1.29, 1.82) is 0 Å². The maximum absolute atomic E-state index is 12.4. The van der Waals surface area contributed by atoms with Crippen LogP contribution in [0.4, 0.5) is 5.69 Å². The number of nitrogens with one attached hydrogen (secondary N) is 1. The lowest BCUT2D eigenvalue weighted by Gasteiger charge is -2.24. The molecule has 1 heterocycles. The first-order chi connectivity index (χ1) is 13.7. The van der Waals surface area contributed by atoms with Crippen LogP contribution in [0.15, 0.2) is 69.4 Å². The van der Waals surface area contributed by atoms with Crippen LogP contribution in [0.2, 0.25) is 0 Å². The van der Waals surface area contributed by atoms with Crippen LogP contribution in [0.25, 0.3) is 0 Å². The molecule has 1 saturated carbocycles. The molecule has 28 heavy (non-hydrogen) atoms. The number of rotatable bonds is 7. The highest BCUT2D eigenvalue weighted by Crippen LogP contribution is 2.34. The Kier molecular flexibility index (Phi) is 6.12. The molecule has 1 fully saturated rings. The summed E-state index contributed by atoms with van der Waals surface area (Å²) in [5, 5.41) is 8.36. The molecular weight excluding hydrogens is 436 g/mol. The van der Waals surface area contributed by atoms with E-state index in [1.807, 2.05) is 47.1 Å². The summed E-state index contributed by atoms with van der Waals surface area (Å²) in [7, 11) is 0. The standard InChI is InChI=1S/C21H21BrN4OS/c22-20-24-21(26(25-20)14-13-15-7-2-1-3-8-15)28-18-12-5-4-11-17(18)23-19(27)16-9-6-10-16/h1-5,7-8,11-12,16H,6,9-10,13-14H2,(H,23,27). The van der Waals surface area contributed by atoms with Crippen LogP contribution >= 0.6 is 27.7 Å². The molecule has 0 unspecified atom stereocenters. The van der Waals surface area contributed by atoms with E-state index in [0.717, 1.165) is 48.0 Å². The largest absolute Gasteiger partial charge is 0.325 e. The van der Waals surface area contributed by atoms with Gasteiger partial charge < -0.3 is 5.32 Å². The number of nitrogens with zero attached hydrogens (tertiary/aromatic N) is 3. The molecule has 0 bridgehead atoms. The Labute approximate surface area is 177 Å². The number of anilines is 1. The average molecular weight is 457 g/mol. The predicted molar refractivity (Wildman–Crippen MR) is 114 cm³/mol. The third-order valence-corrected chi connectivity index (χ3v) is 6.29. The van der Waals surface area contributed by atoms with Gasteiger partial charge in [-0.3, -0.25) is 4.79 Å². The third-order valence-electron chi connectivity index (χ3n) is 4.89. The lowest BCUT2D eigenvalue weighted by Crippen LogP contribution is -2.28. The van der Waals surface area contributed by atoms with E-state index in [0.29, 0.717) is 4.73 Å². The Morgan fingerprint density at radius 2 is 1.89 bits per heavy atom. The van der Waals surface area contributed by atoms with Crippen LogP contribution in [0, 0.1) is 5.92 Å². The van der Waals surface area contributed by atoms with Gasteiger partial charge in [-0.1, -0.05) is 48.9 Å². The van der Waals surface area contributed by atoms with Gasteiger partial charge in [0.15, 0.2) is 5.16 Å². The molecule has 1 N–H and O–H groups in total. The zero-order valence-corrected chi connectivity index (χ0v) is 17.7. The third kappa shape index (κ3) is 4.64. The second kappa shape index (κ2) is 8.92. The van der Waals surface area contributed by atoms with Crippen LogP contribution < -0.4 is 5.32 Å². The first kappa shape index (κ1) is 19.2. The van der Waals surface area contributed by atoms with E-state index in [9.17, 15) is 4.79 Å². The quantitative estimate of drug-likeness (QED) is 0.532. The fourth-order valence-electron chi connectivity index (χ4n) is 3.06. The molecule has 1 amide bonds. The van der Waals surface area contributed by atoms with Gasteiger partial charge in [0.1, 0.15) is 0 Å². The fourth-order valence-corrected chi connectivity index (χ4v) is 4.48. The van der Waals surface area contributed by atoms with Gasteiger partial charge in [0.25, 0.3) is 0 Å². The van der Waals surface area contributed by atoms with Crippen molar-refractivity contribution < 1.29 is 4.79 Å². The fraction of sp³-hybridized carbons (Fsp3) is 0.286. The monoisotopic (exact) mass is 456 g/mol. The average Bonchev–Trinajstić information content (AvgIpc) is 3.00. The first-order valence-electron chi connectivity index (χ1n) is 9.41. The first-order valence-corrected chi connectivity index (χ1v) is 11.0. The number of halogens is 1. The van der Waals surface area contributed by atoms with Crippen molar-refractivity contribution in [2.24, 2.45) is 5.92 Å². The maximum Gasteiger partial charge on any atom is 0.227 e. The molecule has 7 heteroatoms. The summed E-state index contributed by atoms with van der Waals surface area (Å²) < 4.78 is 2.48. The minimum Gasteiger partial charge on any atom is -0.325 e. The minimum atomic E-state index is 0.117. The van der Waals surface area contributed by atoms with Crippen molar-refractivity contribution in [3.05, 3.63) is 64.9 Å². The zero-order valence-electron chi connectivity index (χ0n) is 15.3. The van der Waals surface area contributed by atoms with Gasteiger partial charge in [-0.25, -0.2) is 4.68 Å². The van der Waals surface area contributed by atoms with Gasteiger partial charge in [0, 0.05) is 17.4 Å². The summed E-state index contributed by atoms with van der Waals surface area (Å²) in [4.78, 5) is 17.9. The molecule has 0 saturated heterocycles. The topological polar surface area (TPSA) is 59.8 Å². The molecule has 1 aliphatic carbocycles. The number of benzene rings is 2. The summed E-state index contributed by atoms with van der Waals surface area (Å²) in [6, 6.07) is 18.2. The van der Waals surface area contributed by atoms with Gasteiger partial charge in [-0.15, -0.1) is 5.10 Å². The van der Waals surface area contributed by atoms with E-state index in [1.54, 1.807) is 0 Å². The van der Waals surface area contributed by atoms with Crippen LogP contribution in [0.1, 0.15) is 24.8 Å². The zero-order chi connectivity index (χ0) is 19.3. The Morgan fingerprint density at radius 3 is 2.64 bits per heavy atom. The predicted octanol–water partition coefficient (Wildman–Crippen LogP) is 5.17. The van der Waals surface area contributed by atoms with E-state index < -0.39 is 0 Å². The SMILES string of the molecule is O=C(Nc1ccccc1Sc1nc(Br)nn1CCc1ccccc1)C1CCC1. The number of hydrogen-bond donors (Lipinski definition) is 1. The van der Waals surface area contributed by atoms with Crippen molar-refractivity contribution in [2.75, 3.05) is 5.32 Å². The number of aryl methyl sites for hydroxylation is 2. The molecule has 1 aliphatic rings. The van der Waals surface area contributed by atoms with E-state index in [2.05, 4.69) is 43.5 Å². The Morgan fingerprint density at radius 1 is 1.14 bits per heavy atom. The molecule has 5 nitrogen and oxygen atoms in total. The summed E-state index contributed by atoms with van der Waals surface area (Å²) in [6.45, 7) is 0.738. The molecule has 0 radical (unpaired) electrons. The molecule has 2 aromatic carbocycles. The summed E-state index contributed by atoms with van der Waals surface area (Å²) in [5.41, 5.74) is 2.09. The van der Waals surface area contributed by atoms with Crippen molar-refractivity contribution in [3.63, 3.8) is 0 Å². The number of hydrogen-bond acceptors (Lipinski definition) is 4. The highest BCUT2D eigenvalue weighted by atomic mass is 79.9. The molecule has 3 aromatic rings. The van der Waals surface area contributed by atoms with Gasteiger partial charge in [-0.05, 0) is 64.7 Å². The second-order valence-corrected chi connectivity index (χ2v) is 8.56. The van der Waals surface area contributed by atoms with E-state index in [1.165, 1.54) is 17.3 Å². The van der Waals surface area contributed by atoms with Gasteiger partial charge in [0.05, 0.1) is 5.69 Å². The molecule has 1 aromatic heterocycles. The lowest BCUT2D eigenvalue weighted by molar-refractivity contribution is -0.122.